The number of ketones is 1. The molecule has 0 bridgehead atoms. The Kier molecular flexibility index (Phi) is 5.47. The lowest BCUT2D eigenvalue weighted by molar-refractivity contribution is -0.116. The Bertz CT molecular complexity index is 1600. The molecular formula is C26H20N4O4. The van der Waals surface area contributed by atoms with E-state index in [1.54, 1.807) is 60.7 Å². The minimum Gasteiger partial charge on any atom is -0.452 e. The number of anilines is 1. The zero-order valence-electron chi connectivity index (χ0n) is 18.3. The van der Waals surface area contributed by atoms with Crippen molar-refractivity contribution < 1.29 is 14.0 Å². The molecule has 34 heavy (non-hydrogen) atoms. The number of nitrogens with one attached hydrogen (secondary N) is 1. The van der Waals surface area contributed by atoms with Gasteiger partial charge in [0.05, 0.1) is 11.9 Å². The summed E-state index contributed by atoms with van der Waals surface area (Å²) in [5.74, 6) is -0.203. The molecule has 8 nitrogen and oxygen atoms in total. The number of carbonyl (C=O) groups is 2. The van der Waals surface area contributed by atoms with Crippen molar-refractivity contribution in [3.63, 3.8) is 0 Å². The lowest BCUT2D eigenvalue weighted by Gasteiger charge is -2.07. The van der Waals surface area contributed by atoms with E-state index in [0.29, 0.717) is 27.7 Å². The van der Waals surface area contributed by atoms with Crippen LogP contribution in [0.15, 0.2) is 82.0 Å². The van der Waals surface area contributed by atoms with Crippen LogP contribution in [-0.2, 0) is 11.3 Å². The van der Waals surface area contributed by atoms with Crippen molar-refractivity contribution in [1.29, 1.82) is 0 Å². The molecule has 5 aromatic rings. The van der Waals surface area contributed by atoms with Gasteiger partial charge in [0.15, 0.2) is 5.76 Å². The number of benzene rings is 3. The number of nitrogens with zero attached hydrogens (tertiary/aromatic N) is 3. The molecule has 0 unspecified atom stereocenters. The Morgan fingerprint density at radius 2 is 1.74 bits per heavy atom. The summed E-state index contributed by atoms with van der Waals surface area (Å²) in [6.45, 7) is 1.93. The van der Waals surface area contributed by atoms with Crippen LogP contribution in [0.4, 0.5) is 5.69 Å². The Hall–Kier alpha value is -4.59. The van der Waals surface area contributed by atoms with E-state index in [2.05, 4.69) is 15.6 Å². The Morgan fingerprint density at radius 1 is 0.971 bits per heavy atom. The molecule has 0 radical (unpaired) electrons. The topological polar surface area (TPSA) is 107 Å². The van der Waals surface area contributed by atoms with Gasteiger partial charge in [-0.25, -0.2) is 4.68 Å². The number of furan rings is 1. The molecule has 1 N–H and O–H groups in total. The Morgan fingerprint density at radius 3 is 2.56 bits per heavy atom. The highest BCUT2D eigenvalue weighted by atomic mass is 16.3. The average Bonchev–Trinajstić information content (AvgIpc) is 3.19. The molecule has 5 rings (SSSR count). The summed E-state index contributed by atoms with van der Waals surface area (Å²) in [6, 6.07) is 21.1. The molecular weight excluding hydrogens is 432 g/mol. The Labute approximate surface area is 193 Å². The second kappa shape index (κ2) is 8.74. The zero-order chi connectivity index (χ0) is 23.7. The first kappa shape index (κ1) is 21.3. The van der Waals surface area contributed by atoms with Gasteiger partial charge in [-0.1, -0.05) is 47.7 Å². The molecule has 0 spiro atoms. The monoisotopic (exact) mass is 452 g/mol. The molecule has 0 fully saturated rings. The molecule has 2 heterocycles. The minimum atomic E-state index is -0.290. The van der Waals surface area contributed by atoms with Gasteiger partial charge in [0, 0.05) is 34.7 Å². The summed E-state index contributed by atoms with van der Waals surface area (Å²) >= 11 is 0. The van der Waals surface area contributed by atoms with Gasteiger partial charge in [-0.2, -0.15) is 0 Å². The molecule has 3 aromatic carbocycles. The van der Waals surface area contributed by atoms with Crippen LogP contribution in [0.3, 0.4) is 0 Å². The van der Waals surface area contributed by atoms with Gasteiger partial charge in [0.1, 0.15) is 11.1 Å². The predicted molar refractivity (Wildman–Crippen MR) is 128 cm³/mol. The highest BCUT2D eigenvalue weighted by molar-refractivity contribution is 6.10. The summed E-state index contributed by atoms with van der Waals surface area (Å²) in [6.07, 6.45) is 0.0416. The van der Waals surface area contributed by atoms with Crippen LogP contribution < -0.4 is 10.9 Å². The van der Waals surface area contributed by atoms with E-state index in [1.165, 1.54) is 4.68 Å². The minimum absolute atomic E-state index is 0.0416. The van der Waals surface area contributed by atoms with Crippen molar-refractivity contribution in [3.8, 4) is 0 Å². The quantitative estimate of drug-likeness (QED) is 0.389. The molecule has 0 atom stereocenters. The SMILES string of the molecule is Cc1c(C(=O)c2ccccc2)oc2cc(NC(=O)CCn3nnc4ccccc4c3=O)ccc12. The van der Waals surface area contributed by atoms with Crippen molar-refractivity contribution in [2.24, 2.45) is 0 Å². The number of carbonyl (C=O) groups excluding carboxylic acids is 2. The fourth-order valence-electron chi connectivity index (χ4n) is 3.84. The van der Waals surface area contributed by atoms with Crippen LogP contribution in [0.25, 0.3) is 21.9 Å². The highest BCUT2D eigenvalue weighted by Crippen LogP contribution is 2.29. The number of amides is 1. The van der Waals surface area contributed by atoms with Crippen molar-refractivity contribution >= 4 is 39.2 Å². The number of rotatable bonds is 6. The maximum Gasteiger partial charge on any atom is 0.277 e. The van der Waals surface area contributed by atoms with E-state index in [9.17, 15) is 14.4 Å². The highest BCUT2D eigenvalue weighted by Gasteiger charge is 2.19. The lowest BCUT2D eigenvalue weighted by atomic mass is 10.0. The molecule has 1 amide bonds. The predicted octanol–water partition coefficient (Wildman–Crippen LogP) is 4.11. The molecule has 0 saturated carbocycles. The number of aromatic nitrogens is 3. The normalized spacial score (nSPS) is 11.1. The third-order valence-electron chi connectivity index (χ3n) is 5.64. The second-order valence-electron chi connectivity index (χ2n) is 7.90. The van der Waals surface area contributed by atoms with E-state index < -0.39 is 0 Å². The van der Waals surface area contributed by atoms with Gasteiger partial charge < -0.3 is 9.73 Å². The molecule has 2 aromatic heterocycles. The van der Waals surface area contributed by atoms with E-state index in [1.807, 2.05) is 19.1 Å². The number of aryl methyl sites for hydroxylation is 2. The number of hydrogen-bond acceptors (Lipinski definition) is 6. The largest absolute Gasteiger partial charge is 0.452 e. The molecule has 0 aliphatic rings. The molecule has 0 aliphatic heterocycles. The van der Waals surface area contributed by atoms with Crippen LogP contribution in [0.2, 0.25) is 0 Å². The maximum absolute atomic E-state index is 12.8. The molecule has 0 saturated heterocycles. The van der Waals surface area contributed by atoms with Gasteiger partial charge in [-0.15, -0.1) is 5.10 Å². The first-order valence-electron chi connectivity index (χ1n) is 10.8. The van der Waals surface area contributed by atoms with Crippen molar-refractivity contribution in [3.05, 3.63) is 100 Å². The second-order valence-corrected chi connectivity index (χ2v) is 7.90. The summed E-state index contributed by atoms with van der Waals surface area (Å²) in [5, 5.41) is 12.0. The fourth-order valence-corrected chi connectivity index (χ4v) is 3.84. The standard InChI is InChI=1S/C26H20N4O4/c1-16-19-12-11-18(15-22(19)34-25(16)24(32)17-7-3-2-4-8-17)27-23(31)13-14-30-26(33)20-9-5-6-10-21(20)28-29-30/h2-12,15H,13-14H2,1H3,(H,27,31). The maximum atomic E-state index is 12.8. The van der Waals surface area contributed by atoms with E-state index in [0.717, 1.165) is 10.9 Å². The van der Waals surface area contributed by atoms with Crippen LogP contribution >= 0.6 is 0 Å². The van der Waals surface area contributed by atoms with Crippen LogP contribution in [0.1, 0.15) is 28.1 Å². The molecule has 168 valence electrons. The lowest BCUT2D eigenvalue weighted by Crippen LogP contribution is -2.26. The average molecular weight is 452 g/mol. The van der Waals surface area contributed by atoms with Crippen LogP contribution in [0.5, 0.6) is 0 Å². The third-order valence-corrected chi connectivity index (χ3v) is 5.64. The fraction of sp³-hybridized carbons (Fsp3) is 0.115. The van der Waals surface area contributed by atoms with Gasteiger partial charge >= 0.3 is 0 Å². The van der Waals surface area contributed by atoms with Gasteiger partial charge in [-0.3, -0.25) is 14.4 Å². The number of hydrogen-bond donors (Lipinski definition) is 1. The molecule has 0 aliphatic carbocycles. The summed E-state index contributed by atoms with van der Waals surface area (Å²) in [4.78, 5) is 37.9. The van der Waals surface area contributed by atoms with E-state index in [-0.39, 0.29) is 36.0 Å². The van der Waals surface area contributed by atoms with E-state index >= 15 is 0 Å². The number of fused-ring (bicyclic) bond motifs is 2. The van der Waals surface area contributed by atoms with Crippen LogP contribution in [0, 0.1) is 6.92 Å². The van der Waals surface area contributed by atoms with Gasteiger partial charge in [-0.05, 0) is 31.2 Å². The third kappa shape index (κ3) is 3.97. The summed E-state index contributed by atoms with van der Waals surface area (Å²) in [5.41, 5.74) is 2.55. The van der Waals surface area contributed by atoms with Crippen molar-refractivity contribution in [1.82, 2.24) is 15.0 Å². The Balaban J connectivity index is 1.31. The molecule has 8 heteroatoms. The zero-order valence-corrected chi connectivity index (χ0v) is 18.3. The van der Waals surface area contributed by atoms with Crippen LogP contribution in [-0.4, -0.2) is 26.7 Å². The van der Waals surface area contributed by atoms with Gasteiger partial charge in [0.25, 0.3) is 5.56 Å². The van der Waals surface area contributed by atoms with Crippen molar-refractivity contribution in [2.75, 3.05) is 5.32 Å². The first-order valence-corrected chi connectivity index (χ1v) is 10.8. The summed E-state index contributed by atoms with van der Waals surface area (Å²) < 4.78 is 7.04. The summed E-state index contributed by atoms with van der Waals surface area (Å²) in [7, 11) is 0. The van der Waals surface area contributed by atoms with Crippen molar-refractivity contribution in [2.45, 2.75) is 19.9 Å². The smallest absolute Gasteiger partial charge is 0.277 e. The first-order chi connectivity index (χ1) is 16.5. The van der Waals surface area contributed by atoms with Gasteiger partial charge in [0.2, 0.25) is 11.7 Å². The van der Waals surface area contributed by atoms with E-state index in [4.69, 9.17) is 4.42 Å².